The lowest BCUT2D eigenvalue weighted by Crippen LogP contribution is -2.54. The van der Waals surface area contributed by atoms with Crippen molar-refractivity contribution in [2.45, 2.75) is 172 Å². The third-order valence-corrected chi connectivity index (χ3v) is 35.1. The molecule has 0 aromatic carbocycles. The molecule has 0 bridgehead atoms. The van der Waals surface area contributed by atoms with Gasteiger partial charge in [0, 0.05) is 43.6 Å². The summed E-state index contributed by atoms with van der Waals surface area (Å²) in [4.78, 5) is 71.4. The first-order valence-corrected chi connectivity index (χ1v) is 41.9. The fraction of sp³-hybridized carbons (Fsp3) is 0.702. The molecule has 0 saturated heterocycles. The Balaban J connectivity index is 5.10. The van der Waals surface area contributed by atoms with Crippen molar-refractivity contribution < 1.29 is 73.6 Å². The Morgan fingerprint density at radius 3 is 0.783 bits per heavy atom. The highest BCUT2D eigenvalue weighted by molar-refractivity contribution is 6.89. The van der Waals surface area contributed by atoms with Crippen molar-refractivity contribution in [2.24, 2.45) is 0 Å². The predicted octanol–water partition coefficient (Wildman–Crippen LogP) is 10.3. The van der Waals surface area contributed by atoms with Crippen LogP contribution in [0.5, 0.6) is 0 Å². The third kappa shape index (κ3) is 35.6. The number of unbranched alkanes of at least 4 members (excludes halogenated alkanes) is 2. The monoisotopic (exact) mass is 1080 g/mol. The molecule has 0 rings (SSSR count). The van der Waals surface area contributed by atoms with Gasteiger partial charge in [-0.1, -0.05) is 39.2 Å². The quantitative estimate of drug-likeness (QED) is 0.0184. The van der Waals surface area contributed by atoms with Crippen LogP contribution < -0.4 is 0 Å². The molecular formula is C47H88O16Si6. The minimum absolute atomic E-state index is 0.139. The van der Waals surface area contributed by atoms with E-state index < -0.39 is 74.3 Å². The van der Waals surface area contributed by atoms with Crippen LogP contribution in [-0.2, 0) is 73.6 Å². The second-order valence-corrected chi connectivity index (χ2v) is 44.7. The lowest BCUT2D eigenvalue weighted by molar-refractivity contribution is -0.146. The molecule has 0 amide bonds. The van der Waals surface area contributed by atoms with E-state index in [1.807, 2.05) is 0 Å². The predicted molar refractivity (Wildman–Crippen MR) is 284 cm³/mol. The fourth-order valence-electron chi connectivity index (χ4n) is 7.71. The molecule has 396 valence electrons. The van der Waals surface area contributed by atoms with Crippen LogP contribution in [-0.4, -0.2) is 126 Å². The number of hydrogen-bond acceptors (Lipinski definition) is 16. The van der Waals surface area contributed by atoms with E-state index in [0.29, 0.717) is 69.9 Å². The van der Waals surface area contributed by atoms with Crippen LogP contribution in [0.2, 0.25) is 102 Å². The second-order valence-electron chi connectivity index (χ2n) is 19.8. The van der Waals surface area contributed by atoms with Crippen LogP contribution >= 0.6 is 0 Å². The lowest BCUT2D eigenvalue weighted by Gasteiger charge is -2.41. The van der Waals surface area contributed by atoms with Gasteiger partial charge < -0.3 is 44.9 Å². The molecule has 0 fully saturated rings. The molecule has 0 heterocycles. The first kappa shape index (κ1) is 65.9. The molecule has 0 aliphatic carbocycles. The average molecular weight is 1080 g/mol. The molecule has 0 unspecified atom stereocenters. The molecule has 0 atom stereocenters. The highest BCUT2D eigenvalue weighted by Gasteiger charge is 2.44. The topological polar surface area (TPSA) is 195 Å². The standard InChI is InChI=1S/C47H88O16Si6/c1-15-42(48)54-32-24-36-64(5,6)60-68(13,61-65(7,8)37-25-33-55-43(49)16-2)40-21-19-28-46(52)58-30-23-31-59-47(53)29-20-22-41-69(14,62-66(9,10)38-26-34-56-44(50)17-3)63-67(11,12)39-27-35-57-45(51)18-4/h15-18H,1-4,19-41H2,5-14H3. The molecule has 16 nitrogen and oxygen atoms in total. The van der Waals surface area contributed by atoms with Crippen molar-refractivity contribution >= 4 is 86.2 Å². The molecular weight excluding hydrogens is 989 g/mol. The zero-order chi connectivity index (χ0) is 52.6. The average Bonchev–Trinajstić information content (AvgIpc) is 3.25. The normalized spacial score (nSPS) is 12.3. The Bertz CT molecular complexity index is 1440. The third-order valence-electron chi connectivity index (χ3n) is 10.6. The Hall–Kier alpha value is -3.08. The highest BCUT2D eigenvalue weighted by Crippen LogP contribution is 2.32. The van der Waals surface area contributed by atoms with Gasteiger partial charge in [-0.15, -0.1) is 0 Å². The number of rotatable bonds is 42. The highest BCUT2D eigenvalue weighted by atomic mass is 28.5. The van der Waals surface area contributed by atoms with E-state index in [1.54, 1.807) is 0 Å². The molecule has 22 heteroatoms. The minimum atomic E-state index is -2.74. The number of carbonyl (C=O) groups is 6. The van der Waals surface area contributed by atoms with Crippen molar-refractivity contribution in [2.75, 3.05) is 39.6 Å². The Labute approximate surface area is 420 Å². The van der Waals surface area contributed by atoms with Crippen molar-refractivity contribution in [3.63, 3.8) is 0 Å². The first-order chi connectivity index (χ1) is 32.1. The van der Waals surface area contributed by atoms with Crippen molar-refractivity contribution in [1.82, 2.24) is 0 Å². The first-order valence-electron chi connectivity index (χ1n) is 24.4. The summed E-state index contributed by atoms with van der Waals surface area (Å²) in [6, 6.07) is 4.48. The number of hydrogen-bond donors (Lipinski definition) is 0. The summed E-state index contributed by atoms with van der Waals surface area (Å²) >= 11 is 0. The largest absolute Gasteiger partial charge is 0.466 e. The van der Waals surface area contributed by atoms with Gasteiger partial charge in [0.2, 0.25) is 0 Å². The van der Waals surface area contributed by atoms with Gasteiger partial charge in [0.1, 0.15) is 0 Å². The maximum absolute atomic E-state index is 12.7. The Morgan fingerprint density at radius 1 is 0.319 bits per heavy atom. The molecule has 0 N–H and O–H groups in total. The minimum Gasteiger partial charge on any atom is -0.466 e. The number of esters is 6. The summed E-state index contributed by atoms with van der Waals surface area (Å²) in [5.74, 6) is -2.44. The van der Waals surface area contributed by atoms with Gasteiger partial charge in [-0.25, -0.2) is 19.2 Å². The van der Waals surface area contributed by atoms with Crippen LogP contribution in [0, 0.1) is 0 Å². The second kappa shape index (κ2) is 34.3. The smallest absolute Gasteiger partial charge is 0.330 e. The molecule has 0 aliphatic heterocycles. The number of carbonyl (C=O) groups excluding carboxylic acids is 6. The Kier molecular flexibility index (Phi) is 32.8. The molecule has 0 aliphatic rings. The van der Waals surface area contributed by atoms with Gasteiger partial charge in [0.15, 0.2) is 33.3 Å². The summed E-state index contributed by atoms with van der Waals surface area (Å²) in [5.41, 5.74) is 0. The zero-order valence-corrected chi connectivity index (χ0v) is 49.9. The SMILES string of the molecule is C=CC(=O)OCCC[Si](C)(C)O[Si](C)(CCCCC(=O)OCCCOC(=O)CCCC[Si](C)(O[Si](C)(C)CCCOC(=O)C=C)O[Si](C)(C)CCCOC(=O)C=C)O[Si](C)(C)CCCOC(=O)C=C. The summed E-state index contributed by atoms with van der Waals surface area (Å²) < 4.78 is 59.4. The summed E-state index contributed by atoms with van der Waals surface area (Å²) in [7, 11) is -14.5. The van der Waals surface area contributed by atoms with E-state index >= 15 is 0 Å². The van der Waals surface area contributed by atoms with Gasteiger partial charge >= 0.3 is 52.9 Å². The van der Waals surface area contributed by atoms with Crippen molar-refractivity contribution in [3.05, 3.63) is 50.6 Å². The van der Waals surface area contributed by atoms with E-state index in [4.69, 9.17) is 44.9 Å². The van der Waals surface area contributed by atoms with Gasteiger partial charge in [-0.3, -0.25) is 9.59 Å². The molecule has 0 radical (unpaired) electrons. The van der Waals surface area contributed by atoms with E-state index in [0.717, 1.165) is 48.5 Å². The van der Waals surface area contributed by atoms with Crippen LogP contribution in [0.1, 0.15) is 70.6 Å². The van der Waals surface area contributed by atoms with E-state index in [-0.39, 0.29) is 64.4 Å². The molecule has 69 heavy (non-hydrogen) atoms. The van der Waals surface area contributed by atoms with Gasteiger partial charge in [0.25, 0.3) is 0 Å². The molecule has 0 aromatic rings. The van der Waals surface area contributed by atoms with Gasteiger partial charge in [-0.2, -0.15) is 0 Å². The van der Waals surface area contributed by atoms with E-state index in [1.165, 1.54) is 0 Å². The zero-order valence-electron chi connectivity index (χ0n) is 43.9. The van der Waals surface area contributed by atoms with Crippen LogP contribution in [0.4, 0.5) is 0 Å². The number of ether oxygens (including phenoxy) is 6. The maximum atomic E-state index is 12.7. The lowest BCUT2D eigenvalue weighted by atomic mass is 10.2. The van der Waals surface area contributed by atoms with Crippen molar-refractivity contribution in [1.29, 1.82) is 0 Å². The van der Waals surface area contributed by atoms with E-state index in [9.17, 15) is 28.8 Å². The maximum Gasteiger partial charge on any atom is 0.330 e. The summed E-state index contributed by atoms with van der Waals surface area (Å²) in [5, 5.41) is 0. The van der Waals surface area contributed by atoms with Gasteiger partial charge in [0.05, 0.1) is 39.6 Å². The van der Waals surface area contributed by atoms with Crippen molar-refractivity contribution in [3.8, 4) is 0 Å². The summed E-state index contributed by atoms with van der Waals surface area (Å²) in [6.07, 6.45) is 10.7. The van der Waals surface area contributed by atoms with Gasteiger partial charge in [-0.05, 0) is 140 Å². The van der Waals surface area contributed by atoms with Crippen LogP contribution in [0.15, 0.2) is 50.6 Å². The molecule has 0 saturated carbocycles. The molecule has 0 aromatic heterocycles. The summed E-state index contributed by atoms with van der Waals surface area (Å²) in [6.45, 7) is 36.5. The fourth-order valence-corrected chi connectivity index (χ4v) is 36.5. The van der Waals surface area contributed by atoms with Crippen LogP contribution in [0.3, 0.4) is 0 Å². The van der Waals surface area contributed by atoms with E-state index in [2.05, 4.69) is 91.8 Å². The van der Waals surface area contributed by atoms with Crippen LogP contribution in [0.25, 0.3) is 0 Å². The Morgan fingerprint density at radius 2 is 0.551 bits per heavy atom. The molecule has 0 spiro atoms.